The molecule has 2 fully saturated rings. The van der Waals surface area contributed by atoms with Crippen molar-refractivity contribution >= 4 is 32.7 Å². The number of hydrogen-bond acceptors (Lipinski definition) is 7. The number of likely N-dealkylation sites (N-methyl/N-ethyl adjacent to an activating group) is 1. The van der Waals surface area contributed by atoms with Gasteiger partial charge in [-0.1, -0.05) is 18.3 Å². The maximum Gasteiger partial charge on any atom is 0.224 e. The van der Waals surface area contributed by atoms with Crippen molar-refractivity contribution in [2.24, 2.45) is 5.92 Å². The van der Waals surface area contributed by atoms with Gasteiger partial charge in [-0.05, 0) is 44.5 Å². The molecule has 4 heterocycles. The second kappa shape index (κ2) is 9.82. The molecule has 0 aliphatic carbocycles. The third-order valence-corrected chi connectivity index (χ3v) is 7.12. The first-order valence-electron chi connectivity index (χ1n) is 10.9. The van der Waals surface area contributed by atoms with E-state index in [-0.39, 0.29) is 11.8 Å². The maximum atomic E-state index is 12.7. The van der Waals surface area contributed by atoms with E-state index in [2.05, 4.69) is 31.9 Å². The number of pyridine rings is 1. The van der Waals surface area contributed by atoms with Gasteiger partial charge in [-0.15, -0.1) is 0 Å². The normalized spacial score (nSPS) is 21.6. The van der Waals surface area contributed by atoms with E-state index in [0.29, 0.717) is 0 Å². The number of carbonyl (C=O) groups excluding carboxylic acids is 1. The Labute approximate surface area is 177 Å². The van der Waals surface area contributed by atoms with Gasteiger partial charge in [0.15, 0.2) is 5.13 Å². The Morgan fingerprint density at radius 3 is 2.86 bits per heavy atom. The summed E-state index contributed by atoms with van der Waals surface area (Å²) in [7, 11) is 0. The van der Waals surface area contributed by atoms with E-state index in [1.807, 2.05) is 12.1 Å². The molecule has 29 heavy (non-hydrogen) atoms. The molecule has 1 amide bonds. The van der Waals surface area contributed by atoms with Crippen LogP contribution in [0.5, 0.6) is 0 Å². The molecule has 2 aromatic rings. The van der Waals surface area contributed by atoms with E-state index in [4.69, 9.17) is 4.98 Å². The Morgan fingerprint density at radius 1 is 1.24 bits per heavy atom. The van der Waals surface area contributed by atoms with Crippen LogP contribution in [0.1, 0.15) is 26.2 Å². The molecule has 0 spiro atoms. The first-order valence-corrected chi connectivity index (χ1v) is 11.7. The molecule has 0 aromatic carbocycles. The number of anilines is 1. The first kappa shape index (κ1) is 20.5. The van der Waals surface area contributed by atoms with Crippen molar-refractivity contribution in [1.29, 1.82) is 0 Å². The largest absolute Gasteiger partial charge is 0.356 e. The van der Waals surface area contributed by atoms with Crippen molar-refractivity contribution in [1.82, 2.24) is 25.1 Å². The van der Waals surface area contributed by atoms with Crippen LogP contribution in [0.3, 0.4) is 0 Å². The number of thiazole rings is 1. The van der Waals surface area contributed by atoms with Gasteiger partial charge in [-0.3, -0.25) is 4.79 Å². The van der Waals surface area contributed by atoms with Gasteiger partial charge >= 0.3 is 0 Å². The van der Waals surface area contributed by atoms with Gasteiger partial charge < -0.3 is 20.0 Å². The molecule has 8 heteroatoms. The fourth-order valence-corrected chi connectivity index (χ4v) is 5.19. The Kier molecular flexibility index (Phi) is 6.94. The van der Waals surface area contributed by atoms with Gasteiger partial charge in [-0.25, -0.2) is 9.97 Å². The Morgan fingerprint density at radius 2 is 2.07 bits per heavy atom. The average Bonchev–Trinajstić information content (AvgIpc) is 3.21. The number of aromatic nitrogens is 2. The number of carbonyl (C=O) groups is 1. The minimum atomic E-state index is 0.0526. The highest BCUT2D eigenvalue weighted by Crippen LogP contribution is 2.30. The molecule has 2 aliphatic heterocycles. The molecule has 2 aliphatic rings. The topological polar surface area (TPSA) is 64.6 Å². The molecule has 158 valence electrons. The molecule has 0 radical (unpaired) electrons. The molecule has 0 bridgehead atoms. The summed E-state index contributed by atoms with van der Waals surface area (Å²) in [5, 5.41) is 4.17. The fraction of sp³-hybridized carbons (Fsp3) is 0.667. The average molecular weight is 417 g/mol. The quantitative estimate of drug-likeness (QED) is 0.697. The summed E-state index contributed by atoms with van der Waals surface area (Å²) in [4.78, 5) is 30.0. The third kappa shape index (κ3) is 5.24. The summed E-state index contributed by atoms with van der Waals surface area (Å²) < 4.78 is 0. The highest BCUT2D eigenvalue weighted by molar-refractivity contribution is 7.21. The number of rotatable bonds is 7. The lowest BCUT2D eigenvalue weighted by Gasteiger charge is -2.34. The van der Waals surface area contributed by atoms with Gasteiger partial charge in [-0.2, -0.15) is 0 Å². The van der Waals surface area contributed by atoms with Gasteiger partial charge in [0.2, 0.25) is 5.91 Å². The second-order valence-electron chi connectivity index (χ2n) is 8.03. The SMILES string of the molecule is CCN1CCN(CCCNC(=O)[C@H]2CCCN(c3nc4cccnc4s3)C2)CC1. The molecular formula is C21H32N6OS. The Hall–Kier alpha value is -1.77. The van der Waals surface area contributed by atoms with Crippen molar-refractivity contribution in [2.45, 2.75) is 26.2 Å². The number of hydrogen-bond donors (Lipinski definition) is 1. The zero-order valence-corrected chi connectivity index (χ0v) is 18.2. The predicted molar refractivity (Wildman–Crippen MR) is 119 cm³/mol. The number of fused-ring (bicyclic) bond motifs is 1. The molecule has 0 saturated carbocycles. The van der Waals surface area contributed by atoms with E-state index in [1.54, 1.807) is 17.5 Å². The van der Waals surface area contributed by atoms with Gasteiger partial charge in [0.1, 0.15) is 10.3 Å². The van der Waals surface area contributed by atoms with Crippen molar-refractivity contribution in [2.75, 3.05) is 63.8 Å². The molecular weight excluding hydrogens is 384 g/mol. The summed E-state index contributed by atoms with van der Waals surface area (Å²) in [6.07, 6.45) is 4.83. The Bertz CT molecular complexity index is 770. The Balaban J connectivity index is 1.21. The van der Waals surface area contributed by atoms with Crippen LogP contribution in [-0.4, -0.2) is 84.6 Å². The minimum Gasteiger partial charge on any atom is -0.356 e. The van der Waals surface area contributed by atoms with E-state index >= 15 is 0 Å². The van der Waals surface area contributed by atoms with Gasteiger partial charge in [0.25, 0.3) is 0 Å². The lowest BCUT2D eigenvalue weighted by Crippen LogP contribution is -2.47. The molecule has 0 unspecified atom stereocenters. The van der Waals surface area contributed by atoms with Gasteiger partial charge in [0.05, 0.1) is 5.92 Å². The predicted octanol–water partition coefficient (Wildman–Crippen LogP) is 2.05. The van der Waals surface area contributed by atoms with Crippen molar-refractivity contribution in [3.8, 4) is 0 Å². The lowest BCUT2D eigenvalue weighted by molar-refractivity contribution is -0.125. The lowest BCUT2D eigenvalue weighted by atomic mass is 9.97. The van der Waals surface area contributed by atoms with Crippen molar-refractivity contribution in [3.05, 3.63) is 18.3 Å². The maximum absolute atomic E-state index is 12.7. The molecule has 2 aromatic heterocycles. The van der Waals surface area contributed by atoms with E-state index in [0.717, 1.165) is 80.6 Å². The summed E-state index contributed by atoms with van der Waals surface area (Å²) in [5.41, 5.74) is 0.943. The summed E-state index contributed by atoms with van der Waals surface area (Å²) in [6, 6.07) is 3.92. The number of nitrogens with one attached hydrogen (secondary N) is 1. The van der Waals surface area contributed by atoms with E-state index < -0.39 is 0 Å². The van der Waals surface area contributed by atoms with Crippen LogP contribution in [0, 0.1) is 5.92 Å². The molecule has 1 N–H and O–H groups in total. The molecule has 7 nitrogen and oxygen atoms in total. The van der Waals surface area contributed by atoms with Crippen molar-refractivity contribution in [3.63, 3.8) is 0 Å². The van der Waals surface area contributed by atoms with E-state index in [9.17, 15) is 4.79 Å². The highest BCUT2D eigenvalue weighted by Gasteiger charge is 2.27. The van der Waals surface area contributed by atoms with Crippen LogP contribution in [0.15, 0.2) is 18.3 Å². The summed E-state index contributed by atoms with van der Waals surface area (Å²) >= 11 is 1.62. The minimum absolute atomic E-state index is 0.0526. The molecule has 1 atom stereocenters. The second-order valence-corrected chi connectivity index (χ2v) is 8.99. The molecule has 2 saturated heterocycles. The highest BCUT2D eigenvalue weighted by atomic mass is 32.1. The standard InChI is InChI=1S/C21H32N6OS/c1-2-25-12-14-26(15-13-25)10-5-9-22-19(28)17-6-4-11-27(16-17)21-24-18-7-3-8-23-20(18)29-21/h3,7-8,17H,2,4-6,9-16H2,1H3,(H,22,28)/t17-/m0/s1. The number of amides is 1. The van der Waals surface area contributed by atoms with Crippen LogP contribution >= 0.6 is 11.3 Å². The smallest absolute Gasteiger partial charge is 0.224 e. The summed E-state index contributed by atoms with van der Waals surface area (Å²) in [5.74, 6) is 0.251. The summed E-state index contributed by atoms with van der Waals surface area (Å²) in [6.45, 7) is 11.6. The van der Waals surface area contributed by atoms with Crippen LogP contribution in [0.25, 0.3) is 10.3 Å². The van der Waals surface area contributed by atoms with Crippen molar-refractivity contribution < 1.29 is 4.79 Å². The first-order chi connectivity index (χ1) is 14.2. The number of nitrogens with zero attached hydrogens (tertiary/aromatic N) is 5. The van der Waals surface area contributed by atoms with Gasteiger partial charge in [0, 0.05) is 52.0 Å². The zero-order valence-electron chi connectivity index (χ0n) is 17.3. The monoisotopic (exact) mass is 416 g/mol. The third-order valence-electron chi connectivity index (χ3n) is 6.08. The van der Waals surface area contributed by atoms with Crippen LogP contribution in [0.4, 0.5) is 5.13 Å². The van der Waals surface area contributed by atoms with Crippen LogP contribution < -0.4 is 10.2 Å². The van der Waals surface area contributed by atoms with Crippen LogP contribution in [0.2, 0.25) is 0 Å². The molecule has 4 rings (SSSR count). The van der Waals surface area contributed by atoms with Crippen LogP contribution in [-0.2, 0) is 4.79 Å². The fourth-order valence-electron chi connectivity index (χ4n) is 4.25. The number of piperidine rings is 1. The zero-order chi connectivity index (χ0) is 20.1. The number of piperazine rings is 1. The van der Waals surface area contributed by atoms with E-state index in [1.165, 1.54) is 13.1 Å².